The third-order valence-corrected chi connectivity index (χ3v) is 5.92. The number of piperidine rings is 2. The van der Waals surface area contributed by atoms with Crippen LogP contribution in [0.5, 0.6) is 11.5 Å². The SMILES string of the molecule is CCOc1ccccc1OC1CCN(C(=O)c2ccc(N3CCCCC3=O)cc2)CC1. The molecule has 0 saturated carbocycles. The van der Waals surface area contributed by atoms with Crippen molar-refractivity contribution in [2.75, 3.05) is 31.1 Å². The Kier molecular flexibility index (Phi) is 6.75. The van der Waals surface area contributed by atoms with E-state index in [9.17, 15) is 9.59 Å². The summed E-state index contributed by atoms with van der Waals surface area (Å²) < 4.78 is 11.8. The van der Waals surface area contributed by atoms with Crippen LogP contribution in [0.25, 0.3) is 0 Å². The van der Waals surface area contributed by atoms with Gasteiger partial charge in [-0.1, -0.05) is 12.1 Å². The summed E-state index contributed by atoms with van der Waals surface area (Å²) >= 11 is 0. The zero-order chi connectivity index (χ0) is 21.6. The van der Waals surface area contributed by atoms with E-state index >= 15 is 0 Å². The van der Waals surface area contributed by atoms with Crippen molar-refractivity contribution in [3.63, 3.8) is 0 Å². The zero-order valence-electron chi connectivity index (χ0n) is 18.1. The number of hydrogen-bond donors (Lipinski definition) is 0. The summed E-state index contributed by atoms with van der Waals surface area (Å²) in [5.74, 6) is 1.72. The minimum absolute atomic E-state index is 0.0321. The molecular formula is C25H30N2O4. The van der Waals surface area contributed by atoms with Crippen molar-refractivity contribution < 1.29 is 19.1 Å². The van der Waals surface area contributed by atoms with Crippen LogP contribution in [0.2, 0.25) is 0 Å². The van der Waals surface area contributed by atoms with Crippen LogP contribution in [0.3, 0.4) is 0 Å². The quantitative estimate of drug-likeness (QED) is 0.697. The van der Waals surface area contributed by atoms with E-state index in [1.54, 1.807) is 0 Å². The predicted molar refractivity (Wildman–Crippen MR) is 120 cm³/mol. The topological polar surface area (TPSA) is 59.1 Å². The summed E-state index contributed by atoms with van der Waals surface area (Å²) in [4.78, 5) is 28.8. The second-order valence-electron chi connectivity index (χ2n) is 8.04. The number of likely N-dealkylation sites (tertiary alicyclic amines) is 1. The number of carbonyl (C=O) groups is 2. The molecule has 6 heteroatoms. The molecule has 2 fully saturated rings. The average molecular weight is 423 g/mol. The maximum Gasteiger partial charge on any atom is 0.253 e. The molecule has 6 nitrogen and oxygen atoms in total. The summed E-state index contributed by atoms with van der Waals surface area (Å²) in [6.45, 7) is 4.63. The van der Waals surface area contributed by atoms with Crippen LogP contribution >= 0.6 is 0 Å². The Morgan fingerprint density at radius 3 is 2.35 bits per heavy atom. The molecule has 0 radical (unpaired) electrons. The molecular weight excluding hydrogens is 392 g/mol. The van der Waals surface area contributed by atoms with Crippen LogP contribution in [0.15, 0.2) is 48.5 Å². The van der Waals surface area contributed by atoms with E-state index in [0.29, 0.717) is 31.7 Å². The van der Waals surface area contributed by atoms with Crippen LogP contribution in [0.4, 0.5) is 5.69 Å². The van der Waals surface area contributed by atoms with Crippen LogP contribution < -0.4 is 14.4 Å². The van der Waals surface area contributed by atoms with Gasteiger partial charge in [-0.3, -0.25) is 9.59 Å². The third-order valence-electron chi connectivity index (χ3n) is 5.92. The third kappa shape index (κ3) is 5.01. The fourth-order valence-electron chi connectivity index (χ4n) is 4.22. The Morgan fingerprint density at radius 1 is 0.968 bits per heavy atom. The molecule has 31 heavy (non-hydrogen) atoms. The van der Waals surface area contributed by atoms with Crippen LogP contribution in [-0.4, -0.2) is 49.1 Å². The van der Waals surface area contributed by atoms with E-state index in [0.717, 1.165) is 49.4 Å². The van der Waals surface area contributed by atoms with Crippen molar-refractivity contribution in [3.05, 3.63) is 54.1 Å². The minimum atomic E-state index is 0.0321. The predicted octanol–water partition coefficient (Wildman–Crippen LogP) is 4.29. The first-order chi connectivity index (χ1) is 15.2. The van der Waals surface area contributed by atoms with Crippen molar-refractivity contribution in [2.45, 2.75) is 45.1 Å². The normalized spacial score (nSPS) is 17.5. The number of hydrogen-bond acceptors (Lipinski definition) is 4. The van der Waals surface area contributed by atoms with Gasteiger partial charge in [0.05, 0.1) is 6.61 Å². The molecule has 2 amide bonds. The average Bonchev–Trinajstić information content (AvgIpc) is 2.81. The highest BCUT2D eigenvalue weighted by Crippen LogP contribution is 2.30. The lowest BCUT2D eigenvalue weighted by Gasteiger charge is -2.32. The van der Waals surface area contributed by atoms with E-state index in [2.05, 4.69) is 0 Å². The molecule has 2 aromatic carbocycles. The maximum absolute atomic E-state index is 12.9. The Labute approximate surface area is 183 Å². The van der Waals surface area contributed by atoms with Gasteiger partial charge in [-0.15, -0.1) is 0 Å². The van der Waals surface area contributed by atoms with Gasteiger partial charge in [-0.05, 0) is 56.2 Å². The monoisotopic (exact) mass is 422 g/mol. The smallest absolute Gasteiger partial charge is 0.253 e. The number of para-hydroxylation sites is 2. The van der Waals surface area contributed by atoms with E-state index in [1.807, 2.05) is 65.3 Å². The molecule has 2 aliphatic heterocycles. The minimum Gasteiger partial charge on any atom is -0.490 e. The van der Waals surface area contributed by atoms with Gasteiger partial charge in [0.2, 0.25) is 5.91 Å². The van der Waals surface area contributed by atoms with Gasteiger partial charge in [-0.25, -0.2) is 0 Å². The lowest BCUT2D eigenvalue weighted by atomic mass is 10.1. The van der Waals surface area contributed by atoms with Gasteiger partial charge in [0.15, 0.2) is 11.5 Å². The largest absolute Gasteiger partial charge is 0.490 e. The number of anilines is 1. The summed E-state index contributed by atoms with van der Waals surface area (Å²) in [6, 6.07) is 15.2. The number of ether oxygens (including phenoxy) is 2. The number of rotatable bonds is 6. The molecule has 2 heterocycles. The van der Waals surface area contributed by atoms with E-state index in [1.165, 1.54) is 0 Å². The molecule has 2 saturated heterocycles. The maximum atomic E-state index is 12.9. The second kappa shape index (κ2) is 9.86. The molecule has 2 aromatic rings. The molecule has 0 unspecified atom stereocenters. The van der Waals surface area contributed by atoms with Crippen molar-refractivity contribution in [1.29, 1.82) is 0 Å². The summed E-state index contributed by atoms with van der Waals surface area (Å²) in [6.07, 6.45) is 4.23. The summed E-state index contributed by atoms with van der Waals surface area (Å²) in [7, 11) is 0. The number of benzene rings is 2. The number of amides is 2. The van der Waals surface area contributed by atoms with Gasteiger partial charge in [0, 0.05) is 50.1 Å². The first-order valence-electron chi connectivity index (χ1n) is 11.2. The summed E-state index contributed by atoms with van der Waals surface area (Å²) in [5, 5.41) is 0. The van der Waals surface area contributed by atoms with Gasteiger partial charge < -0.3 is 19.3 Å². The molecule has 0 aromatic heterocycles. The Hall–Kier alpha value is -3.02. The lowest BCUT2D eigenvalue weighted by molar-refractivity contribution is -0.119. The van der Waals surface area contributed by atoms with E-state index < -0.39 is 0 Å². The molecule has 0 N–H and O–H groups in total. The molecule has 2 aliphatic rings. The molecule has 0 atom stereocenters. The molecule has 164 valence electrons. The van der Waals surface area contributed by atoms with Crippen LogP contribution in [0, 0.1) is 0 Å². The van der Waals surface area contributed by atoms with Crippen molar-refractivity contribution >= 4 is 17.5 Å². The Morgan fingerprint density at radius 2 is 1.68 bits per heavy atom. The number of nitrogens with zero attached hydrogens (tertiary/aromatic N) is 2. The van der Waals surface area contributed by atoms with E-state index in [4.69, 9.17) is 9.47 Å². The van der Waals surface area contributed by atoms with Gasteiger partial charge in [0.1, 0.15) is 6.10 Å². The molecule has 0 bridgehead atoms. The fourth-order valence-corrected chi connectivity index (χ4v) is 4.22. The highest BCUT2D eigenvalue weighted by molar-refractivity contribution is 5.97. The summed E-state index contributed by atoms with van der Waals surface area (Å²) in [5.41, 5.74) is 1.54. The highest BCUT2D eigenvalue weighted by atomic mass is 16.5. The number of carbonyl (C=O) groups excluding carboxylic acids is 2. The van der Waals surface area contributed by atoms with Gasteiger partial charge in [0.25, 0.3) is 5.91 Å². The van der Waals surface area contributed by atoms with Crippen molar-refractivity contribution in [1.82, 2.24) is 4.90 Å². The highest BCUT2D eigenvalue weighted by Gasteiger charge is 2.26. The Balaban J connectivity index is 1.32. The standard InChI is InChI=1S/C25H30N2O4/c1-2-30-22-7-3-4-8-23(22)31-21-14-17-26(18-15-21)25(29)19-10-12-20(13-11-19)27-16-6-5-9-24(27)28/h3-4,7-8,10-13,21H,2,5-6,9,14-18H2,1H3. The van der Waals surface area contributed by atoms with Crippen LogP contribution in [-0.2, 0) is 4.79 Å². The van der Waals surface area contributed by atoms with Gasteiger partial charge >= 0.3 is 0 Å². The Bertz CT molecular complexity index is 904. The second-order valence-corrected chi connectivity index (χ2v) is 8.04. The van der Waals surface area contributed by atoms with E-state index in [-0.39, 0.29) is 17.9 Å². The van der Waals surface area contributed by atoms with Crippen LogP contribution in [0.1, 0.15) is 49.4 Å². The van der Waals surface area contributed by atoms with Crippen molar-refractivity contribution in [3.8, 4) is 11.5 Å². The molecule has 4 rings (SSSR count). The first-order valence-corrected chi connectivity index (χ1v) is 11.2. The first kappa shape index (κ1) is 21.2. The molecule has 0 spiro atoms. The van der Waals surface area contributed by atoms with Crippen molar-refractivity contribution in [2.24, 2.45) is 0 Å². The van der Waals surface area contributed by atoms with Gasteiger partial charge in [-0.2, -0.15) is 0 Å². The zero-order valence-corrected chi connectivity index (χ0v) is 18.1. The lowest BCUT2D eigenvalue weighted by Crippen LogP contribution is -2.41. The fraction of sp³-hybridized carbons (Fsp3) is 0.440. The molecule has 0 aliphatic carbocycles.